The number of carbonyl (C=O) groups is 1. The maximum atomic E-state index is 15.2. The molecule has 0 spiro atoms. The fraction of sp³-hybridized carbons (Fsp3) is 0.280. The summed E-state index contributed by atoms with van der Waals surface area (Å²) in [6.45, 7) is 0.453. The average Bonchev–Trinajstić information content (AvgIpc) is 3.75. The van der Waals surface area contributed by atoms with Gasteiger partial charge in [-0.15, -0.1) is 0 Å². The van der Waals surface area contributed by atoms with Gasteiger partial charge >= 0.3 is 0 Å². The lowest BCUT2D eigenvalue weighted by Crippen LogP contribution is -2.27. The van der Waals surface area contributed by atoms with Gasteiger partial charge in [0.15, 0.2) is 5.67 Å². The number of pyridine rings is 1. The van der Waals surface area contributed by atoms with Gasteiger partial charge in [0.25, 0.3) is 5.91 Å². The Bertz CT molecular complexity index is 1400. The zero-order valence-corrected chi connectivity index (χ0v) is 19.0. The van der Waals surface area contributed by atoms with Crippen LogP contribution in [0.5, 0.6) is 0 Å². The summed E-state index contributed by atoms with van der Waals surface area (Å²) >= 11 is 6.00. The third kappa shape index (κ3) is 4.09. The van der Waals surface area contributed by atoms with Crippen molar-refractivity contribution in [3.05, 3.63) is 83.0 Å². The van der Waals surface area contributed by atoms with Gasteiger partial charge < -0.3 is 15.0 Å². The van der Waals surface area contributed by atoms with Crippen molar-refractivity contribution in [2.24, 2.45) is 0 Å². The normalized spacial score (nSPS) is 21.4. The van der Waals surface area contributed by atoms with Gasteiger partial charge in [-0.2, -0.15) is 0 Å². The summed E-state index contributed by atoms with van der Waals surface area (Å²) in [6.07, 6.45) is 8.09. The zero-order chi connectivity index (χ0) is 23.3. The molecule has 34 heavy (non-hydrogen) atoms. The SMILES string of the molecule is O=C(Nc1cc(NCc2cn3cc(C4CC4)ccc3n2)ncn1)[C@@]1(F)C[C@@H]1c1cccc(Cl)c1. The highest BCUT2D eigenvalue weighted by atomic mass is 35.5. The van der Waals surface area contributed by atoms with Gasteiger partial charge in [-0.25, -0.2) is 19.3 Å². The molecule has 9 heteroatoms. The Labute approximate surface area is 200 Å². The maximum absolute atomic E-state index is 15.2. The van der Waals surface area contributed by atoms with Crippen molar-refractivity contribution >= 4 is 34.8 Å². The number of nitrogens with zero attached hydrogens (tertiary/aromatic N) is 4. The number of alkyl halides is 1. The summed E-state index contributed by atoms with van der Waals surface area (Å²) in [6, 6.07) is 12.7. The minimum absolute atomic E-state index is 0.117. The quantitative estimate of drug-likeness (QED) is 0.387. The average molecular weight is 477 g/mol. The molecule has 3 heterocycles. The van der Waals surface area contributed by atoms with Crippen LogP contribution in [0.25, 0.3) is 5.65 Å². The van der Waals surface area contributed by atoms with Crippen LogP contribution in [0.4, 0.5) is 16.0 Å². The highest BCUT2D eigenvalue weighted by molar-refractivity contribution is 6.30. The highest BCUT2D eigenvalue weighted by Gasteiger charge is 2.62. The number of fused-ring (bicyclic) bond motifs is 1. The number of hydrogen-bond acceptors (Lipinski definition) is 5. The highest BCUT2D eigenvalue weighted by Crippen LogP contribution is 2.55. The van der Waals surface area contributed by atoms with E-state index in [4.69, 9.17) is 11.6 Å². The number of amides is 1. The Balaban J connectivity index is 1.10. The van der Waals surface area contributed by atoms with E-state index in [1.54, 1.807) is 30.3 Å². The lowest BCUT2D eigenvalue weighted by atomic mass is 10.1. The molecule has 2 fully saturated rings. The first-order valence-electron chi connectivity index (χ1n) is 11.3. The number of benzene rings is 1. The van der Waals surface area contributed by atoms with E-state index >= 15 is 4.39 Å². The Morgan fingerprint density at radius 3 is 2.79 bits per heavy atom. The van der Waals surface area contributed by atoms with E-state index in [1.165, 1.54) is 24.7 Å². The van der Waals surface area contributed by atoms with E-state index in [-0.39, 0.29) is 12.2 Å². The Hall–Kier alpha value is -3.52. The molecular weight excluding hydrogens is 455 g/mol. The van der Waals surface area contributed by atoms with Gasteiger partial charge in [0.05, 0.1) is 12.2 Å². The van der Waals surface area contributed by atoms with Crippen molar-refractivity contribution in [1.29, 1.82) is 0 Å². The number of carbonyl (C=O) groups excluding carboxylic acids is 1. The van der Waals surface area contributed by atoms with Crippen LogP contribution in [0.15, 0.2) is 61.2 Å². The molecule has 7 nitrogen and oxygen atoms in total. The summed E-state index contributed by atoms with van der Waals surface area (Å²) in [7, 11) is 0. The second-order valence-electron chi connectivity index (χ2n) is 9.00. The number of nitrogens with one attached hydrogen (secondary N) is 2. The van der Waals surface area contributed by atoms with Crippen LogP contribution >= 0.6 is 11.6 Å². The van der Waals surface area contributed by atoms with Gasteiger partial charge in [-0.1, -0.05) is 29.8 Å². The van der Waals surface area contributed by atoms with Crippen molar-refractivity contribution in [3.8, 4) is 0 Å². The lowest BCUT2D eigenvalue weighted by molar-refractivity contribution is -0.122. The van der Waals surface area contributed by atoms with Crippen LogP contribution in [0.2, 0.25) is 5.02 Å². The van der Waals surface area contributed by atoms with E-state index in [0.29, 0.717) is 28.9 Å². The molecule has 2 saturated carbocycles. The second kappa shape index (κ2) is 8.06. The molecule has 3 aromatic heterocycles. The molecule has 0 unspecified atom stereocenters. The minimum Gasteiger partial charge on any atom is -0.364 e. The molecule has 2 N–H and O–H groups in total. The topological polar surface area (TPSA) is 84.2 Å². The molecule has 1 amide bonds. The summed E-state index contributed by atoms with van der Waals surface area (Å²) in [5.41, 5.74) is 1.84. The van der Waals surface area contributed by atoms with E-state index in [2.05, 4.69) is 37.8 Å². The molecule has 2 atom stereocenters. The molecule has 4 aromatic rings. The van der Waals surface area contributed by atoms with Gasteiger partial charge in [-0.3, -0.25) is 4.79 Å². The largest absolute Gasteiger partial charge is 0.364 e. The molecular formula is C25H22ClFN6O. The van der Waals surface area contributed by atoms with E-state index in [9.17, 15) is 4.79 Å². The van der Waals surface area contributed by atoms with Gasteiger partial charge in [0.2, 0.25) is 0 Å². The molecule has 2 aliphatic rings. The number of imidazole rings is 1. The molecule has 2 aliphatic carbocycles. The second-order valence-corrected chi connectivity index (χ2v) is 9.44. The molecule has 0 bridgehead atoms. The van der Waals surface area contributed by atoms with E-state index < -0.39 is 17.5 Å². The number of anilines is 2. The Kier molecular flexibility index (Phi) is 4.99. The standard InChI is InChI=1S/C25H22ClFN6O/c26-18-3-1-2-16(8-18)20-10-25(20,27)24(34)32-22-9-21(29-14-30-22)28-11-19-13-33-12-17(15-4-5-15)6-7-23(33)31-19/h1-3,6-9,12-15,20H,4-5,10-11H2,(H2,28,29,30,32,34)/t20-,25-/m1/s1. The summed E-state index contributed by atoms with van der Waals surface area (Å²) in [4.78, 5) is 25.5. The first-order valence-corrected chi connectivity index (χ1v) is 11.6. The van der Waals surface area contributed by atoms with Gasteiger partial charge in [-0.05, 0) is 48.1 Å². The van der Waals surface area contributed by atoms with Gasteiger partial charge in [0.1, 0.15) is 23.6 Å². The van der Waals surface area contributed by atoms with Crippen LogP contribution in [0.3, 0.4) is 0 Å². The van der Waals surface area contributed by atoms with Crippen molar-refractivity contribution in [1.82, 2.24) is 19.4 Å². The summed E-state index contributed by atoms with van der Waals surface area (Å²) in [5, 5.41) is 6.30. The first kappa shape index (κ1) is 21.0. The molecule has 1 aromatic carbocycles. The third-order valence-corrected chi connectivity index (χ3v) is 6.69. The van der Waals surface area contributed by atoms with Crippen molar-refractivity contribution in [2.45, 2.75) is 43.3 Å². The smallest absolute Gasteiger partial charge is 0.263 e. The first-order chi connectivity index (χ1) is 16.5. The third-order valence-electron chi connectivity index (χ3n) is 6.45. The number of rotatable bonds is 7. The summed E-state index contributed by atoms with van der Waals surface area (Å²) in [5.74, 6) is 0.203. The fourth-order valence-corrected chi connectivity index (χ4v) is 4.52. The molecule has 0 radical (unpaired) electrons. The predicted octanol–water partition coefficient (Wildman–Crippen LogP) is 5.10. The predicted molar refractivity (Wildman–Crippen MR) is 128 cm³/mol. The van der Waals surface area contributed by atoms with Crippen LogP contribution in [0, 0.1) is 0 Å². The van der Waals surface area contributed by atoms with Crippen LogP contribution < -0.4 is 10.6 Å². The number of halogens is 2. The van der Waals surface area contributed by atoms with Crippen LogP contribution in [-0.2, 0) is 11.3 Å². The molecule has 0 aliphatic heterocycles. The van der Waals surface area contributed by atoms with Gasteiger partial charge in [0, 0.05) is 35.8 Å². The molecule has 0 saturated heterocycles. The van der Waals surface area contributed by atoms with Crippen LogP contribution in [0.1, 0.15) is 47.9 Å². The van der Waals surface area contributed by atoms with Crippen molar-refractivity contribution in [2.75, 3.05) is 10.6 Å². The van der Waals surface area contributed by atoms with Crippen molar-refractivity contribution in [3.63, 3.8) is 0 Å². The lowest BCUT2D eigenvalue weighted by Gasteiger charge is -2.10. The van der Waals surface area contributed by atoms with Crippen LogP contribution in [-0.4, -0.2) is 30.9 Å². The summed E-state index contributed by atoms with van der Waals surface area (Å²) < 4.78 is 17.2. The fourth-order valence-electron chi connectivity index (χ4n) is 4.32. The van der Waals surface area contributed by atoms with E-state index in [0.717, 1.165) is 11.3 Å². The van der Waals surface area contributed by atoms with Crippen molar-refractivity contribution < 1.29 is 9.18 Å². The minimum atomic E-state index is -1.97. The van der Waals surface area contributed by atoms with E-state index in [1.807, 2.05) is 16.7 Å². The number of hydrogen-bond donors (Lipinski definition) is 2. The molecule has 172 valence electrons. The monoisotopic (exact) mass is 476 g/mol. The Morgan fingerprint density at radius 2 is 1.97 bits per heavy atom. The molecule has 6 rings (SSSR count). The maximum Gasteiger partial charge on any atom is 0.263 e. The zero-order valence-electron chi connectivity index (χ0n) is 18.2. The number of aromatic nitrogens is 4. The Morgan fingerprint density at radius 1 is 1.12 bits per heavy atom.